The molecule has 1 unspecified atom stereocenters. The van der Waals surface area contributed by atoms with E-state index in [2.05, 4.69) is 0 Å². The summed E-state index contributed by atoms with van der Waals surface area (Å²) in [6, 6.07) is 16.3. The molecular formula is C26H21ClFNO4. The maximum atomic E-state index is 13.6. The molecule has 0 bridgehead atoms. The first-order valence-corrected chi connectivity index (χ1v) is 10.7. The molecule has 0 aliphatic carbocycles. The van der Waals surface area contributed by atoms with Gasteiger partial charge >= 0.3 is 0 Å². The third-order valence-electron chi connectivity index (χ3n) is 5.68. The van der Waals surface area contributed by atoms with E-state index in [0.29, 0.717) is 22.6 Å². The summed E-state index contributed by atoms with van der Waals surface area (Å²) in [6.07, 6.45) is 0.819. The topological polar surface area (TPSA) is 66.8 Å². The van der Waals surface area contributed by atoms with Crippen LogP contribution in [0.5, 0.6) is 5.75 Å². The molecule has 1 saturated heterocycles. The van der Waals surface area contributed by atoms with Gasteiger partial charge in [-0.3, -0.25) is 14.5 Å². The van der Waals surface area contributed by atoms with Crippen molar-refractivity contribution in [1.82, 2.24) is 0 Å². The third-order valence-corrected chi connectivity index (χ3v) is 5.97. The summed E-state index contributed by atoms with van der Waals surface area (Å²) in [5.74, 6) is -2.01. The van der Waals surface area contributed by atoms with Crippen molar-refractivity contribution in [2.75, 3.05) is 12.0 Å². The number of rotatable bonds is 5. The first kappa shape index (κ1) is 22.6. The number of halogens is 2. The minimum atomic E-state index is -0.971. The lowest BCUT2D eigenvalue weighted by Crippen LogP contribution is -2.29. The predicted octanol–water partition coefficient (Wildman–Crippen LogP) is 5.68. The average molecular weight is 466 g/mol. The van der Waals surface area contributed by atoms with E-state index in [1.165, 1.54) is 42.3 Å². The highest BCUT2D eigenvalue weighted by Gasteiger charge is 2.47. The Kier molecular flexibility index (Phi) is 6.20. The van der Waals surface area contributed by atoms with Gasteiger partial charge in [-0.25, -0.2) is 4.39 Å². The maximum absolute atomic E-state index is 13.6. The highest BCUT2D eigenvalue weighted by molar-refractivity contribution is 6.51. The van der Waals surface area contributed by atoms with Gasteiger partial charge in [-0.05, 0) is 47.9 Å². The van der Waals surface area contributed by atoms with Crippen molar-refractivity contribution in [3.8, 4) is 5.75 Å². The number of hydrogen-bond acceptors (Lipinski definition) is 4. The van der Waals surface area contributed by atoms with Crippen LogP contribution >= 0.6 is 11.6 Å². The molecule has 0 radical (unpaired) electrons. The van der Waals surface area contributed by atoms with Gasteiger partial charge in [0.05, 0.1) is 23.7 Å². The molecule has 0 spiro atoms. The minimum Gasteiger partial charge on any atom is -0.507 e. The average Bonchev–Trinajstić information content (AvgIpc) is 3.09. The van der Waals surface area contributed by atoms with Gasteiger partial charge in [-0.1, -0.05) is 54.9 Å². The number of ketones is 1. The van der Waals surface area contributed by atoms with Crippen molar-refractivity contribution in [1.29, 1.82) is 0 Å². The Labute approximate surface area is 195 Å². The van der Waals surface area contributed by atoms with Gasteiger partial charge in [0.1, 0.15) is 17.3 Å². The number of nitrogens with zero attached hydrogens (tertiary/aromatic N) is 1. The number of Topliss-reactive ketones (excluding diaryl/α,β-unsaturated/α-hetero) is 1. The van der Waals surface area contributed by atoms with Crippen LogP contribution in [-0.2, 0) is 16.0 Å². The molecule has 4 rings (SSSR count). The number of carbonyl (C=O) groups excluding carboxylic acids is 2. The number of carbonyl (C=O) groups is 2. The fourth-order valence-corrected chi connectivity index (χ4v) is 4.17. The van der Waals surface area contributed by atoms with Crippen LogP contribution in [0.4, 0.5) is 10.1 Å². The highest BCUT2D eigenvalue weighted by atomic mass is 35.5. The quantitative estimate of drug-likeness (QED) is 0.299. The number of benzene rings is 3. The van der Waals surface area contributed by atoms with Gasteiger partial charge in [0.15, 0.2) is 0 Å². The van der Waals surface area contributed by atoms with E-state index >= 15 is 0 Å². The number of methoxy groups -OCH3 is 1. The molecule has 33 heavy (non-hydrogen) atoms. The number of hydrogen-bond donors (Lipinski definition) is 1. The molecule has 1 aliphatic rings. The van der Waals surface area contributed by atoms with Crippen molar-refractivity contribution in [2.45, 2.75) is 19.4 Å². The molecule has 3 aromatic rings. The van der Waals surface area contributed by atoms with E-state index in [1.54, 1.807) is 24.3 Å². The van der Waals surface area contributed by atoms with E-state index in [0.717, 1.165) is 12.0 Å². The third kappa shape index (κ3) is 4.10. The second-order valence-electron chi connectivity index (χ2n) is 7.59. The lowest BCUT2D eigenvalue weighted by Gasteiger charge is -2.26. The van der Waals surface area contributed by atoms with Gasteiger partial charge in [0, 0.05) is 11.3 Å². The second-order valence-corrected chi connectivity index (χ2v) is 8.00. The number of ether oxygens (including phenoxy) is 1. The number of aliphatic hydroxyl groups excluding tert-OH is 1. The number of aryl methyl sites for hydroxylation is 1. The molecule has 3 aromatic carbocycles. The smallest absolute Gasteiger partial charge is 0.300 e. The minimum absolute atomic E-state index is 0.0807. The Morgan fingerprint density at radius 3 is 2.30 bits per heavy atom. The van der Waals surface area contributed by atoms with Gasteiger partial charge in [0.2, 0.25) is 0 Å². The van der Waals surface area contributed by atoms with E-state index in [-0.39, 0.29) is 16.4 Å². The van der Waals surface area contributed by atoms with Crippen molar-refractivity contribution in [3.63, 3.8) is 0 Å². The maximum Gasteiger partial charge on any atom is 0.300 e. The molecule has 1 heterocycles. The fraction of sp³-hybridized carbons (Fsp3) is 0.154. The summed E-state index contributed by atoms with van der Waals surface area (Å²) in [7, 11) is 1.47. The predicted molar refractivity (Wildman–Crippen MR) is 125 cm³/mol. The summed E-state index contributed by atoms with van der Waals surface area (Å²) in [4.78, 5) is 27.6. The number of aliphatic hydroxyl groups is 1. The zero-order valence-electron chi connectivity index (χ0n) is 18.0. The highest BCUT2D eigenvalue weighted by Crippen LogP contribution is 2.43. The molecule has 1 N–H and O–H groups in total. The van der Waals surface area contributed by atoms with E-state index < -0.39 is 23.5 Å². The number of anilines is 1. The van der Waals surface area contributed by atoms with Crippen LogP contribution < -0.4 is 9.64 Å². The SMILES string of the molecule is CCc1ccc(/C(O)=C2\C(=O)C(=O)N(c3ccc(OC)c(Cl)c3)C2c2ccc(F)cc2)cc1. The normalized spacial score (nSPS) is 17.5. The van der Waals surface area contributed by atoms with Crippen LogP contribution in [0.3, 0.4) is 0 Å². The van der Waals surface area contributed by atoms with Gasteiger partial charge in [-0.15, -0.1) is 0 Å². The second kappa shape index (κ2) is 9.08. The van der Waals surface area contributed by atoms with Crippen LogP contribution in [0.15, 0.2) is 72.3 Å². The molecule has 168 valence electrons. The van der Waals surface area contributed by atoms with E-state index in [1.807, 2.05) is 19.1 Å². The summed E-state index contributed by atoms with van der Waals surface area (Å²) in [5.41, 5.74) is 2.20. The van der Waals surface area contributed by atoms with Gasteiger partial charge < -0.3 is 9.84 Å². The Morgan fingerprint density at radius 1 is 1.06 bits per heavy atom. The van der Waals surface area contributed by atoms with E-state index in [9.17, 15) is 19.1 Å². The zero-order chi connectivity index (χ0) is 23.7. The molecule has 0 saturated carbocycles. The van der Waals surface area contributed by atoms with Crippen LogP contribution in [0, 0.1) is 5.82 Å². The van der Waals surface area contributed by atoms with Crippen LogP contribution in [0.1, 0.15) is 29.7 Å². The Bertz CT molecular complexity index is 1250. The van der Waals surface area contributed by atoms with Crippen molar-refractivity contribution >= 4 is 34.7 Å². The first-order valence-electron chi connectivity index (χ1n) is 10.3. The summed E-state index contributed by atoms with van der Waals surface area (Å²) < 4.78 is 18.8. The number of amides is 1. The van der Waals surface area contributed by atoms with Gasteiger partial charge in [-0.2, -0.15) is 0 Å². The summed E-state index contributed by atoms with van der Waals surface area (Å²) in [6.45, 7) is 2.01. The molecule has 5 nitrogen and oxygen atoms in total. The van der Waals surface area contributed by atoms with Crippen LogP contribution in [0.25, 0.3) is 5.76 Å². The molecule has 1 atom stereocenters. The Morgan fingerprint density at radius 2 is 1.73 bits per heavy atom. The lowest BCUT2D eigenvalue weighted by molar-refractivity contribution is -0.132. The standard InChI is InChI=1S/C26H21ClFNO4/c1-3-15-4-6-17(7-5-15)24(30)22-23(16-8-10-18(28)11-9-16)29(26(32)25(22)31)19-12-13-21(33-2)20(27)14-19/h4-14,23,30H,3H2,1-2H3/b24-22+. The zero-order valence-corrected chi connectivity index (χ0v) is 18.8. The van der Waals surface area contributed by atoms with Crippen molar-refractivity contribution in [3.05, 3.63) is 99.8 Å². The molecule has 1 aliphatic heterocycles. The first-order chi connectivity index (χ1) is 15.8. The summed E-state index contributed by atoms with van der Waals surface area (Å²) >= 11 is 6.27. The Hall–Kier alpha value is -3.64. The monoisotopic (exact) mass is 465 g/mol. The van der Waals surface area contributed by atoms with Crippen LogP contribution in [-0.4, -0.2) is 23.9 Å². The van der Waals surface area contributed by atoms with Crippen LogP contribution in [0.2, 0.25) is 5.02 Å². The summed E-state index contributed by atoms with van der Waals surface area (Å²) in [5, 5.41) is 11.4. The Balaban J connectivity index is 1.91. The largest absolute Gasteiger partial charge is 0.507 e. The molecule has 0 aromatic heterocycles. The fourth-order valence-electron chi connectivity index (χ4n) is 3.92. The molecular weight excluding hydrogens is 445 g/mol. The van der Waals surface area contributed by atoms with Crippen molar-refractivity contribution in [2.24, 2.45) is 0 Å². The van der Waals surface area contributed by atoms with E-state index in [4.69, 9.17) is 16.3 Å². The lowest BCUT2D eigenvalue weighted by atomic mass is 9.94. The van der Waals surface area contributed by atoms with Crippen molar-refractivity contribution < 1.29 is 23.8 Å². The molecule has 1 amide bonds. The molecule has 7 heteroatoms. The van der Waals surface area contributed by atoms with Gasteiger partial charge in [0.25, 0.3) is 11.7 Å². The molecule has 1 fully saturated rings.